The number of nitrogens with one attached hydrogen (secondary N) is 2. The summed E-state index contributed by atoms with van der Waals surface area (Å²) in [7, 11) is 0. The summed E-state index contributed by atoms with van der Waals surface area (Å²) < 4.78 is 101. The van der Waals surface area contributed by atoms with E-state index < -0.39 is 120 Å². The molecular weight excluding hydrogens is 682 g/mol. The van der Waals surface area contributed by atoms with Crippen molar-refractivity contribution in [2.75, 3.05) is 6.54 Å². The van der Waals surface area contributed by atoms with Crippen molar-refractivity contribution in [2.45, 2.75) is 114 Å². The van der Waals surface area contributed by atoms with Crippen molar-refractivity contribution in [2.24, 2.45) is 4.99 Å². The minimum atomic E-state index is -5.20. The summed E-state index contributed by atoms with van der Waals surface area (Å²) in [5.41, 5.74) is -6.85. The molecule has 1 saturated carbocycles. The topological polar surface area (TPSA) is 156 Å². The number of Topliss-reactive ketones (excluding diaryl/α,β-unsaturated/α-hetero) is 1. The van der Waals surface area contributed by atoms with Gasteiger partial charge in [0, 0.05) is 24.7 Å². The highest BCUT2D eigenvalue weighted by Crippen LogP contribution is 2.42. The minimum absolute atomic E-state index is 0.264. The zero-order valence-electron chi connectivity index (χ0n) is 27.7. The first-order chi connectivity index (χ1) is 23.2. The maximum Gasteiger partial charge on any atom is 0.508 e. The van der Waals surface area contributed by atoms with Crippen LogP contribution in [-0.2, 0) is 30.2 Å². The van der Waals surface area contributed by atoms with Gasteiger partial charge in [-0.2, -0.15) is 13.2 Å². The van der Waals surface area contributed by atoms with E-state index in [0.717, 1.165) is 32.4 Å². The number of carbonyl (C=O) groups is 4. The Morgan fingerprint density at radius 3 is 2.30 bits per heavy atom. The van der Waals surface area contributed by atoms with Crippen LogP contribution in [0.3, 0.4) is 0 Å². The van der Waals surface area contributed by atoms with Gasteiger partial charge in [0.15, 0.2) is 23.5 Å². The van der Waals surface area contributed by atoms with E-state index >= 15 is 0 Å². The number of carboxylic acid groups (broad SMARTS) is 1. The van der Waals surface area contributed by atoms with Crippen LogP contribution in [0.2, 0.25) is 0 Å². The molecule has 2 aliphatic heterocycles. The lowest BCUT2D eigenvalue weighted by Gasteiger charge is -2.45. The van der Waals surface area contributed by atoms with Crippen LogP contribution in [-0.4, -0.2) is 88.5 Å². The highest BCUT2D eigenvalue weighted by atomic mass is 19.4. The van der Waals surface area contributed by atoms with Gasteiger partial charge in [-0.3, -0.25) is 9.79 Å². The van der Waals surface area contributed by atoms with E-state index in [2.05, 4.69) is 10.3 Å². The molecule has 3 unspecified atom stereocenters. The van der Waals surface area contributed by atoms with Crippen LogP contribution in [0.5, 0.6) is 0 Å². The first-order valence-corrected chi connectivity index (χ1v) is 15.9. The Morgan fingerprint density at radius 1 is 1.06 bits per heavy atom. The molecule has 0 spiro atoms. The summed E-state index contributed by atoms with van der Waals surface area (Å²) in [6.07, 6.45) is -7.28. The molecule has 0 bridgehead atoms. The number of benzene rings is 1. The second kappa shape index (κ2) is 14.8. The first-order valence-electron chi connectivity index (χ1n) is 15.9. The van der Waals surface area contributed by atoms with E-state index in [4.69, 9.17) is 14.2 Å². The first kappa shape index (κ1) is 38.3. The number of allylic oxidation sites excluding steroid dienone is 2. The molecule has 18 heteroatoms. The smallest absolute Gasteiger partial charge is 0.478 e. The molecule has 50 heavy (non-hydrogen) atoms. The Hall–Kier alpha value is -4.51. The van der Waals surface area contributed by atoms with E-state index in [1.807, 2.05) is 5.32 Å². The van der Waals surface area contributed by atoms with Gasteiger partial charge in [0.2, 0.25) is 5.66 Å². The van der Waals surface area contributed by atoms with Gasteiger partial charge in [-0.1, -0.05) is 6.42 Å². The lowest BCUT2D eigenvalue weighted by atomic mass is 9.93. The van der Waals surface area contributed by atoms with Crippen molar-refractivity contribution >= 4 is 30.2 Å². The molecule has 1 fully saturated rings. The summed E-state index contributed by atoms with van der Waals surface area (Å²) >= 11 is 0. The van der Waals surface area contributed by atoms with E-state index in [0.29, 0.717) is 23.8 Å². The molecule has 0 saturated heterocycles. The quantitative estimate of drug-likeness (QED) is 0.165. The van der Waals surface area contributed by atoms with Gasteiger partial charge in [-0.05, 0) is 71.4 Å². The average Bonchev–Trinajstić information content (AvgIpc) is 3.37. The molecule has 0 aromatic heterocycles. The normalized spacial score (nSPS) is 22.3. The third-order valence-corrected chi connectivity index (χ3v) is 8.40. The lowest BCUT2D eigenvalue weighted by Crippen LogP contribution is -2.70. The van der Waals surface area contributed by atoms with Crippen molar-refractivity contribution in [3.05, 3.63) is 46.5 Å². The summed E-state index contributed by atoms with van der Waals surface area (Å²) in [4.78, 5) is 56.9. The van der Waals surface area contributed by atoms with E-state index in [9.17, 15) is 50.6 Å². The SMILES string of the molecule is CC(OC(=O)OC1CCCCC1)C1(C(=O)O)NC(C(F)(F)F)=C2C=NC[C@H](C(=O)CC(Cc3cc(F)c(F)cc3F)NC(=O)OC(C)(C)C)N21. The Labute approximate surface area is 283 Å². The van der Waals surface area contributed by atoms with Gasteiger partial charge in [-0.25, -0.2) is 27.6 Å². The molecule has 0 radical (unpaired) electrons. The number of alkyl carbamates (subject to hydrolysis) is 1. The number of alkyl halides is 3. The lowest BCUT2D eigenvalue weighted by molar-refractivity contribution is -0.164. The number of aliphatic carboxylic acids is 1. The zero-order chi connectivity index (χ0) is 37.2. The Kier molecular flexibility index (Phi) is 11.3. The second-order valence-electron chi connectivity index (χ2n) is 13.3. The molecule has 1 aromatic carbocycles. The minimum Gasteiger partial charge on any atom is -0.478 e. The molecule has 4 rings (SSSR count). The van der Waals surface area contributed by atoms with E-state index in [1.54, 1.807) is 0 Å². The predicted octanol–water partition coefficient (Wildman–Crippen LogP) is 5.29. The van der Waals surface area contributed by atoms with Crippen molar-refractivity contribution in [1.82, 2.24) is 15.5 Å². The van der Waals surface area contributed by atoms with Crippen molar-refractivity contribution < 1.29 is 64.8 Å². The summed E-state index contributed by atoms with van der Waals surface area (Å²) in [5, 5.41) is 14.8. The molecule has 1 aromatic rings. The molecule has 3 aliphatic rings. The van der Waals surface area contributed by atoms with Gasteiger partial charge < -0.3 is 34.9 Å². The standard InChI is InChI=1S/C32H38F6N4O8/c1-16(48-29(47)49-19-8-6-5-7-9-19)31(27(44)45)41-26(32(36,37)38)24-15-39-14-23(42(24)31)25(43)12-18(40-28(46)50-30(2,3)4)10-17-11-21(34)22(35)13-20(17)33/h11,13,15-16,18-19,23,41H,5-10,12,14H2,1-4H3,(H,40,46)(H,44,45)/t16?,18?,23-,31?/m1/s1. The van der Waals surface area contributed by atoms with Gasteiger partial charge in [0.05, 0.1) is 12.2 Å². The fourth-order valence-corrected chi connectivity index (χ4v) is 6.17. The number of rotatable bonds is 10. The third kappa shape index (κ3) is 8.61. The van der Waals surface area contributed by atoms with Gasteiger partial charge in [0.25, 0.3) is 0 Å². The fourth-order valence-electron chi connectivity index (χ4n) is 6.17. The van der Waals surface area contributed by atoms with Crippen LogP contribution in [0.25, 0.3) is 0 Å². The fraction of sp³-hybridized carbons (Fsp3) is 0.594. The number of carboxylic acids is 1. The number of carbonyl (C=O) groups excluding carboxylic acids is 3. The molecule has 4 atom stereocenters. The number of amides is 1. The van der Waals surface area contributed by atoms with Crippen LogP contribution in [0, 0.1) is 17.5 Å². The molecule has 1 amide bonds. The Balaban J connectivity index is 1.69. The predicted molar refractivity (Wildman–Crippen MR) is 162 cm³/mol. The number of ketones is 1. The maximum atomic E-state index is 14.7. The van der Waals surface area contributed by atoms with Gasteiger partial charge in [-0.15, -0.1) is 0 Å². The number of fused-ring (bicyclic) bond motifs is 1. The summed E-state index contributed by atoms with van der Waals surface area (Å²) in [6, 6.07) is -2.42. The monoisotopic (exact) mass is 720 g/mol. The molecule has 3 N–H and O–H groups in total. The van der Waals surface area contributed by atoms with Crippen LogP contribution < -0.4 is 10.6 Å². The van der Waals surface area contributed by atoms with Crippen molar-refractivity contribution in [3.63, 3.8) is 0 Å². The van der Waals surface area contributed by atoms with Crippen LogP contribution in [0.4, 0.5) is 35.9 Å². The molecule has 2 heterocycles. The number of hydrogen-bond acceptors (Lipinski definition) is 10. The highest BCUT2D eigenvalue weighted by molar-refractivity contribution is 5.94. The molecular formula is C32H38F6N4O8. The average molecular weight is 721 g/mol. The number of nitrogens with zero attached hydrogens (tertiary/aromatic N) is 2. The van der Waals surface area contributed by atoms with Crippen molar-refractivity contribution in [3.8, 4) is 0 Å². The number of hydrogen-bond donors (Lipinski definition) is 3. The molecule has 12 nitrogen and oxygen atoms in total. The van der Waals surface area contributed by atoms with Crippen LogP contribution in [0.1, 0.15) is 71.8 Å². The number of halogens is 6. The van der Waals surface area contributed by atoms with E-state index in [-0.39, 0.29) is 6.07 Å². The third-order valence-electron chi connectivity index (χ3n) is 8.40. The second-order valence-corrected chi connectivity index (χ2v) is 13.3. The zero-order valence-corrected chi connectivity index (χ0v) is 27.7. The molecule has 1 aliphatic carbocycles. The number of ether oxygens (including phenoxy) is 3. The van der Waals surface area contributed by atoms with Gasteiger partial charge >= 0.3 is 24.4 Å². The molecule has 276 valence electrons. The highest BCUT2D eigenvalue weighted by Gasteiger charge is 2.64. The number of aliphatic imine (C=N–C) groups is 1. The maximum absolute atomic E-state index is 14.7. The van der Waals surface area contributed by atoms with Crippen LogP contribution >= 0.6 is 0 Å². The summed E-state index contributed by atoms with van der Waals surface area (Å²) in [5.74, 6) is -7.08. The Morgan fingerprint density at radius 2 is 1.70 bits per heavy atom. The summed E-state index contributed by atoms with van der Waals surface area (Å²) in [6.45, 7) is 5.00. The van der Waals surface area contributed by atoms with Gasteiger partial charge in [0.1, 0.15) is 29.3 Å². The van der Waals surface area contributed by atoms with Crippen LogP contribution in [0.15, 0.2) is 28.5 Å². The largest absolute Gasteiger partial charge is 0.508 e. The van der Waals surface area contributed by atoms with Crippen molar-refractivity contribution in [1.29, 1.82) is 0 Å². The Bertz CT molecular complexity index is 1560. The van der Waals surface area contributed by atoms with E-state index in [1.165, 1.54) is 20.8 Å².